The molecule has 0 radical (unpaired) electrons. The zero-order valence-electron chi connectivity index (χ0n) is 13.9. The Morgan fingerprint density at radius 3 is 2.32 bits per heavy atom. The molecule has 0 aliphatic heterocycles. The van der Waals surface area contributed by atoms with Gasteiger partial charge in [0.1, 0.15) is 12.4 Å². The number of halogens is 1. The van der Waals surface area contributed by atoms with Crippen molar-refractivity contribution in [2.45, 2.75) is 13.8 Å². The summed E-state index contributed by atoms with van der Waals surface area (Å²) in [5.74, 6) is -2.50. The molecule has 1 rings (SSSR count). The minimum absolute atomic E-state index is 0.175. The van der Waals surface area contributed by atoms with Crippen molar-refractivity contribution < 1.29 is 28.3 Å². The number of rotatable bonds is 7. The van der Waals surface area contributed by atoms with Crippen molar-refractivity contribution in [3.8, 4) is 0 Å². The Labute approximate surface area is 144 Å². The molecule has 1 aromatic rings. The van der Waals surface area contributed by atoms with Crippen molar-refractivity contribution in [1.82, 2.24) is 16.0 Å². The Morgan fingerprint density at radius 1 is 1.08 bits per heavy atom. The van der Waals surface area contributed by atoms with E-state index in [9.17, 15) is 23.6 Å². The molecule has 136 valence electrons. The second-order valence-corrected chi connectivity index (χ2v) is 5.50. The average molecular weight is 353 g/mol. The number of carbonyl (C=O) groups excluding carboxylic acids is 4. The van der Waals surface area contributed by atoms with Crippen LogP contribution in [0.25, 0.3) is 0 Å². The molecule has 1 aromatic carbocycles. The van der Waals surface area contributed by atoms with Crippen LogP contribution in [-0.4, -0.2) is 43.5 Å². The predicted octanol–water partition coefficient (Wildman–Crippen LogP) is 0.580. The van der Waals surface area contributed by atoms with E-state index < -0.39 is 42.8 Å². The van der Waals surface area contributed by atoms with E-state index in [2.05, 4.69) is 15.4 Å². The van der Waals surface area contributed by atoms with Gasteiger partial charge in [0, 0.05) is 12.1 Å². The maximum absolute atomic E-state index is 12.7. The van der Waals surface area contributed by atoms with Gasteiger partial charge in [-0.1, -0.05) is 13.8 Å². The van der Waals surface area contributed by atoms with E-state index in [1.165, 1.54) is 12.1 Å². The second-order valence-electron chi connectivity index (χ2n) is 5.50. The van der Waals surface area contributed by atoms with Gasteiger partial charge in [0.25, 0.3) is 11.8 Å². The number of hydrogen-bond acceptors (Lipinski definition) is 5. The Hall–Kier alpha value is -2.97. The number of imide groups is 1. The van der Waals surface area contributed by atoms with Crippen molar-refractivity contribution in [3.05, 3.63) is 35.6 Å². The largest absolute Gasteiger partial charge is 0.454 e. The van der Waals surface area contributed by atoms with Gasteiger partial charge in [0.05, 0.1) is 0 Å². The van der Waals surface area contributed by atoms with Gasteiger partial charge < -0.3 is 15.4 Å². The predicted molar refractivity (Wildman–Crippen MR) is 86.1 cm³/mol. The first-order valence-electron chi connectivity index (χ1n) is 7.55. The number of amides is 4. The summed E-state index contributed by atoms with van der Waals surface area (Å²) in [7, 11) is 0. The van der Waals surface area contributed by atoms with Crippen molar-refractivity contribution in [3.63, 3.8) is 0 Å². The third-order valence-electron chi connectivity index (χ3n) is 2.79. The highest BCUT2D eigenvalue weighted by atomic mass is 19.1. The molecule has 0 bridgehead atoms. The first-order chi connectivity index (χ1) is 11.8. The average Bonchev–Trinajstić information content (AvgIpc) is 2.56. The van der Waals surface area contributed by atoms with Crippen LogP contribution in [0.1, 0.15) is 24.2 Å². The molecule has 0 aromatic heterocycles. The number of urea groups is 1. The maximum Gasteiger partial charge on any atom is 0.325 e. The molecule has 0 fully saturated rings. The molecule has 0 unspecified atom stereocenters. The van der Waals surface area contributed by atoms with Gasteiger partial charge in [0.2, 0.25) is 0 Å². The van der Waals surface area contributed by atoms with Crippen LogP contribution in [0.5, 0.6) is 0 Å². The van der Waals surface area contributed by atoms with Crippen LogP contribution in [0.15, 0.2) is 24.3 Å². The van der Waals surface area contributed by atoms with Crippen molar-refractivity contribution >= 4 is 23.8 Å². The van der Waals surface area contributed by atoms with E-state index in [-0.39, 0.29) is 11.5 Å². The molecule has 4 amide bonds. The van der Waals surface area contributed by atoms with E-state index in [0.717, 1.165) is 12.1 Å². The van der Waals surface area contributed by atoms with Crippen LogP contribution in [0.3, 0.4) is 0 Å². The topological polar surface area (TPSA) is 114 Å². The number of ether oxygens (including phenoxy) is 1. The van der Waals surface area contributed by atoms with Gasteiger partial charge in [0.15, 0.2) is 6.61 Å². The fraction of sp³-hybridized carbons (Fsp3) is 0.375. The van der Waals surface area contributed by atoms with Gasteiger partial charge in [-0.05, 0) is 30.2 Å². The molecule has 9 heteroatoms. The zero-order chi connectivity index (χ0) is 18.8. The lowest BCUT2D eigenvalue weighted by Gasteiger charge is -2.09. The highest BCUT2D eigenvalue weighted by Crippen LogP contribution is 2.02. The summed E-state index contributed by atoms with van der Waals surface area (Å²) in [4.78, 5) is 45.9. The first kappa shape index (κ1) is 20.1. The molecule has 0 saturated heterocycles. The first-order valence-corrected chi connectivity index (χ1v) is 7.55. The highest BCUT2D eigenvalue weighted by molar-refractivity contribution is 5.97. The monoisotopic (exact) mass is 353 g/mol. The van der Waals surface area contributed by atoms with E-state index >= 15 is 0 Å². The molecule has 0 aliphatic rings. The van der Waals surface area contributed by atoms with Crippen molar-refractivity contribution in [2.75, 3.05) is 19.7 Å². The molecule has 0 saturated carbocycles. The van der Waals surface area contributed by atoms with Crippen LogP contribution in [0, 0.1) is 11.7 Å². The maximum atomic E-state index is 12.7. The lowest BCUT2D eigenvalue weighted by molar-refractivity contribution is -0.147. The highest BCUT2D eigenvalue weighted by Gasteiger charge is 2.12. The van der Waals surface area contributed by atoms with Crippen molar-refractivity contribution in [2.24, 2.45) is 5.92 Å². The summed E-state index contributed by atoms with van der Waals surface area (Å²) in [5.41, 5.74) is 0.175. The van der Waals surface area contributed by atoms with Crippen LogP contribution in [0.4, 0.5) is 9.18 Å². The molecule has 0 heterocycles. The SMILES string of the molecule is CC(C)CNC(=O)NC(=O)COC(=O)CNC(=O)c1ccc(F)cc1. The lowest BCUT2D eigenvalue weighted by Crippen LogP contribution is -2.43. The summed E-state index contributed by atoms with van der Waals surface area (Å²) >= 11 is 0. The number of benzene rings is 1. The summed E-state index contributed by atoms with van der Waals surface area (Å²) in [6.07, 6.45) is 0. The normalized spacial score (nSPS) is 10.1. The van der Waals surface area contributed by atoms with E-state index in [1.54, 1.807) is 0 Å². The summed E-state index contributed by atoms with van der Waals surface area (Å²) in [5, 5.41) is 6.73. The van der Waals surface area contributed by atoms with Gasteiger partial charge in [-0.15, -0.1) is 0 Å². The molecule has 25 heavy (non-hydrogen) atoms. The summed E-state index contributed by atoms with van der Waals surface area (Å²) < 4.78 is 17.4. The van der Waals surface area contributed by atoms with Gasteiger partial charge in [-0.2, -0.15) is 0 Å². The van der Waals surface area contributed by atoms with Crippen molar-refractivity contribution in [1.29, 1.82) is 0 Å². The fourth-order valence-electron chi connectivity index (χ4n) is 1.56. The van der Waals surface area contributed by atoms with E-state index in [1.807, 2.05) is 19.2 Å². The zero-order valence-corrected chi connectivity index (χ0v) is 13.9. The third kappa shape index (κ3) is 8.45. The summed E-state index contributed by atoms with van der Waals surface area (Å²) in [6, 6.07) is 4.07. The molecular formula is C16H20FN3O5. The van der Waals surface area contributed by atoms with Gasteiger partial charge in [-0.3, -0.25) is 19.7 Å². The Balaban J connectivity index is 2.25. The quantitative estimate of drug-likeness (QED) is 0.621. The number of esters is 1. The number of carbonyl (C=O) groups is 4. The summed E-state index contributed by atoms with van der Waals surface area (Å²) in [6.45, 7) is 3.06. The third-order valence-corrected chi connectivity index (χ3v) is 2.79. The molecular weight excluding hydrogens is 333 g/mol. The van der Waals surface area contributed by atoms with E-state index in [4.69, 9.17) is 0 Å². The molecule has 3 N–H and O–H groups in total. The van der Waals surface area contributed by atoms with Crippen LogP contribution < -0.4 is 16.0 Å². The Morgan fingerprint density at radius 2 is 1.72 bits per heavy atom. The molecule has 8 nitrogen and oxygen atoms in total. The number of hydrogen-bond donors (Lipinski definition) is 3. The lowest BCUT2D eigenvalue weighted by atomic mass is 10.2. The van der Waals surface area contributed by atoms with Gasteiger partial charge >= 0.3 is 12.0 Å². The van der Waals surface area contributed by atoms with E-state index in [0.29, 0.717) is 6.54 Å². The Kier molecular flexibility index (Phi) is 8.04. The minimum atomic E-state index is -0.854. The smallest absolute Gasteiger partial charge is 0.325 e. The Bertz CT molecular complexity index is 631. The second kappa shape index (κ2) is 10.0. The molecule has 0 atom stereocenters. The van der Waals surface area contributed by atoms with Crippen LogP contribution >= 0.6 is 0 Å². The van der Waals surface area contributed by atoms with Crippen LogP contribution in [-0.2, 0) is 14.3 Å². The minimum Gasteiger partial charge on any atom is -0.454 e. The molecule has 0 spiro atoms. The fourth-order valence-corrected chi connectivity index (χ4v) is 1.56. The van der Waals surface area contributed by atoms with Gasteiger partial charge in [-0.25, -0.2) is 9.18 Å². The van der Waals surface area contributed by atoms with Crippen LogP contribution in [0.2, 0.25) is 0 Å². The standard InChI is InChI=1S/C16H20FN3O5/c1-10(2)7-19-16(24)20-13(21)9-25-14(22)8-18-15(23)11-3-5-12(17)6-4-11/h3-6,10H,7-9H2,1-2H3,(H,18,23)(H2,19,20,21,24). The molecule has 0 aliphatic carbocycles. The number of nitrogens with one attached hydrogen (secondary N) is 3.